The highest BCUT2D eigenvalue weighted by Crippen LogP contribution is 2.18. The molecule has 1 aromatic carbocycles. The van der Waals surface area contributed by atoms with Crippen LogP contribution in [0.5, 0.6) is 0 Å². The Labute approximate surface area is 150 Å². The molecular weight excluding hydrogens is 336 g/mol. The summed E-state index contributed by atoms with van der Waals surface area (Å²) in [7, 11) is 2.01. The molecule has 1 N–H and O–H groups in total. The first-order valence-electron chi connectivity index (χ1n) is 8.10. The third-order valence-electron chi connectivity index (χ3n) is 3.78. The lowest BCUT2D eigenvalue weighted by Crippen LogP contribution is -2.33. The van der Waals surface area contributed by atoms with Gasteiger partial charge in [-0.3, -0.25) is 4.79 Å². The lowest BCUT2D eigenvalue weighted by atomic mass is 10.3. The highest BCUT2D eigenvalue weighted by Gasteiger charge is 2.11. The fraction of sp³-hybridized carbons (Fsp3) is 0.278. The van der Waals surface area contributed by atoms with Gasteiger partial charge in [0.1, 0.15) is 0 Å². The maximum Gasteiger partial charge on any atom is 0.227 e. The Kier molecular flexibility index (Phi) is 5.79. The molecule has 6 nitrogen and oxygen atoms in total. The lowest BCUT2D eigenvalue weighted by molar-refractivity contribution is -0.121. The summed E-state index contributed by atoms with van der Waals surface area (Å²) in [6, 6.07) is 12.0. The number of hydrogen-bond donors (Lipinski definition) is 1. The van der Waals surface area contributed by atoms with Crippen molar-refractivity contribution in [3.05, 3.63) is 53.0 Å². The Balaban J connectivity index is 1.38. The number of anilines is 1. The van der Waals surface area contributed by atoms with Gasteiger partial charge in [0.05, 0.1) is 0 Å². The van der Waals surface area contributed by atoms with E-state index in [2.05, 4.69) is 20.4 Å². The van der Waals surface area contributed by atoms with Crippen molar-refractivity contribution in [2.75, 3.05) is 25.0 Å². The molecule has 0 radical (unpaired) electrons. The number of amides is 1. The number of para-hydroxylation sites is 1. The Bertz CT molecular complexity index is 787. The molecule has 130 valence electrons. The summed E-state index contributed by atoms with van der Waals surface area (Å²) in [5.41, 5.74) is 2.07. The molecule has 2 aromatic heterocycles. The molecule has 0 bridgehead atoms. The van der Waals surface area contributed by atoms with E-state index >= 15 is 0 Å². The number of thiophene rings is 1. The number of nitrogens with zero attached hydrogens (tertiary/aromatic N) is 3. The third-order valence-corrected chi connectivity index (χ3v) is 4.46. The van der Waals surface area contributed by atoms with Gasteiger partial charge in [-0.15, -0.1) is 0 Å². The molecule has 0 spiro atoms. The fourth-order valence-electron chi connectivity index (χ4n) is 2.35. The van der Waals surface area contributed by atoms with Crippen molar-refractivity contribution in [2.45, 2.75) is 12.8 Å². The number of hydrogen-bond acceptors (Lipinski definition) is 6. The monoisotopic (exact) mass is 356 g/mol. The van der Waals surface area contributed by atoms with Crippen LogP contribution < -0.4 is 10.2 Å². The second-order valence-corrected chi connectivity index (χ2v) is 6.41. The number of rotatable bonds is 8. The summed E-state index contributed by atoms with van der Waals surface area (Å²) < 4.78 is 5.19. The predicted molar refractivity (Wildman–Crippen MR) is 98.7 cm³/mol. The number of benzene rings is 1. The van der Waals surface area contributed by atoms with E-state index in [0.29, 0.717) is 31.1 Å². The smallest absolute Gasteiger partial charge is 0.227 e. The maximum atomic E-state index is 12.0. The summed E-state index contributed by atoms with van der Waals surface area (Å²) >= 11 is 1.58. The molecule has 0 saturated heterocycles. The van der Waals surface area contributed by atoms with Gasteiger partial charge in [0.15, 0.2) is 0 Å². The van der Waals surface area contributed by atoms with Gasteiger partial charge in [-0.2, -0.15) is 16.3 Å². The van der Waals surface area contributed by atoms with Gasteiger partial charge in [0, 0.05) is 49.6 Å². The van der Waals surface area contributed by atoms with Crippen LogP contribution in [0.15, 0.2) is 51.7 Å². The van der Waals surface area contributed by atoms with Crippen LogP contribution in [-0.2, 0) is 11.2 Å². The summed E-state index contributed by atoms with van der Waals surface area (Å²) in [5.74, 6) is 1.04. The SMILES string of the molecule is CN(CCNC(=O)CCc1nc(-c2ccsc2)no1)c1ccccc1. The molecule has 2 heterocycles. The highest BCUT2D eigenvalue weighted by molar-refractivity contribution is 7.08. The van der Waals surface area contributed by atoms with Crippen LogP contribution in [0, 0.1) is 0 Å². The van der Waals surface area contributed by atoms with E-state index < -0.39 is 0 Å². The molecule has 0 aliphatic rings. The second-order valence-electron chi connectivity index (χ2n) is 5.63. The molecular formula is C18H20N4O2S. The number of likely N-dealkylation sites (N-methyl/N-ethyl adjacent to an activating group) is 1. The molecule has 0 fully saturated rings. The molecule has 0 unspecified atom stereocenters. The van der Waals surface area contributed by atoms with E-state index in [-0.39, 0.29) is 5.91 Å². The molecule has 0 aliphatic heterocycles. The van der Waals surface area contributed by atoms with Gasteiger partial charge < -0.3 is 14.7 Å². The zero-order chi connectivity index (χ0) is 17.5. The fourth-order valence-corrected chi connectivity index (χ4v) is 2.98. The lowest BCUT2D eigenvalue weighted by Gasteiger charge is -2.19. The van der Waals surface area contributed by atoms with Crippen molar-refractivity contribution in [1.29, 1.82) is 0 Å². The van der Waals surface area contributed by atoms with Crippen LogP contribution in [0.25, 0.3) is 11.4 Å². The van der Waals surface area contributed by atoms with E-state index in [0.717, 1.165) is 17.8 Å². The van der Waals surface area contributed by atoms with Crippen LogP contribution in [0.2, 0.25) is 0 Å². The third kappa shape index (κ3) is 4.90. The molecule has 3 aromatic rings. The topological polar surface area (TPSA) is 71.3 Å². The van der Waals surface area contributed by atoms with Gasteiger partial charge in [-0.25, -0.2) is 0 Å². The van der Waals surface area contributed by atoms with Gasteiger partial charge in [0.2, 0.25) is 17.6 Å². The summed E-state index contributed by atoms with van der Waals surface area (Å²) in [4.78, 5) is 18.4. The zero-order valence-corrected chi connectivity index (χ0v) is 14.8. The highest BCUT2D eigenvalue weighted by atomic mass is 32.1. The summed E-state index contributed by atoms with van der Waals surface area (Å²) in [6.07, 6.45) is 0.776. The van der Waals surface area contributed by atoms with E-state index in [9.17, 15) is 4.79 Å². The molecule has 1 amide bonds. The minimum absolute atomic E-state index is 0.0169. The van der Waals surface area contributed by atoms with Crippen molar-refractivity contribution in [3.8, 4) is 11.4 Å². The molecule has 7 heteroatoms. The first-order valence-corrected chi connectivity index (χ1v) is 9.04. The van der Waals surface area contributed by atoms with Crippen LogP contribution in [0.1, 0.15) is 12.3 Å². The van der Waals surface area contributed by atoms with Crippen molar-refractivity contribution in [1.82, 2.24) is 15.5 Å². The van der Waals surface area contributed by atoms with Gasteiger partial charge in [0.25, 0.3) is 0 Å². The largest absolute Gasteiger partial charge is 0.373 e. The quantitative estimate of drug-likeness (QED) is 0.672. The van der Waals surface area contributed by atoms with Gasteiger partial charge >= 0.3 is 0 Å². The number of carbonyl (C=O) groups is 1. The Morgan fingerprint density at radius 3 is 2.88 bits per heavy atom. The Morgan fingerprint density at radius 1 is 1.28 bits per heavy atom. The molecule has 0 atom stereocenters. The number of aromatic nitrogens is 2. The van der Waals surface area contributed by atoms with E-state index in [1.165, 1.54) is 0 Å². The minimum atomic E-state index is -0.0169. The first-order chi connectivity index (χ1) is 12.2. The minimum Gasteiger partial charge on any atom is -0.373 e. The second kappa shape index (κ2) is 8.43. The number of nitrogens with one attached hydrogen (secondary N) is 1. The average Bonchev–Trinajstić information content (AvgIpc) is 3.32. The predicted octanol–water partition coefficient (Wildman–Crippen LogP) is 2.98. The summed E-state index contributed by atoms with van der Waals surface area (Å²) in [6.45, 7) is 1.34. The zero-order valence-electron chi connectivity index (χ0n) is 14.0. The maximum absolute atomic E-state index is 12.0. The molecule has 0 aliphatic carbocycles. The molecule has 0 saturated carbocycles. The number of carbonyl (C=O) groups excluding carboxylic acids is 1. The van der Waals surface area contributed by atoms with Gasteiger partial charge in [-0.1, -0.05) is 23.4 Å². The van der Waals surface area contributed by atoms with Crippen LogP contribution in [0.4, 0.5) is 5.69 Å². The van der Waals surface area contributed by atoms with Crippen molar-refractivity contribution >= 4 is 22.9 Å². The number of aryl methyl sites for hydroxylation is 1. The van der Waals surface area contributed by atoms with Gasteiger partial charge in [-0.05, 0) is 23.6 Å². The molecule has 25 heavy (non-hydrogen) atoms. The van der Waals surface area contributed by atoms with Crippen LogP contribution >= 0.6 is 11.3 Å². The van der Waals surface area contributed by atoms with Crippen molar-refractivity contribution in [3.63, 3.8) is 0 Å². The normalized spacial score (nSPS) is 10.6. The van der Waals surface area contributed by atoms with Crippen LogP contribution in [-0.4, -0.2) is 36.2 Å². The Hall–Kier alpha value is -2.67. The van der Waals surface area contributed by atoms with E-state index in [4.69, 9.17) is 4.52 Å². The van der Waals surface area contributed by atoms with Crippen molar-refractivity contribution < 1.29 is 9.32 Å². The van der Waals surface area contributed by atoms with E-state index in [1.807, 2.05) is 54.2 Å². The van der Waals surface area contributed by atoms with E-state index in [1.54, 1.807) is 11.3 Å². The standard InChI is InChI=1S/C18H20N4O2S/c1-22(15-5-3-2-4-6-15)11-10-19-16(23)7-8-17-20-18(21-24-17)14-9-12-25-13-14/h2-6,9,12-13H,7-8,10-11H2,1H3,(H,19,23). The molecule has 3 rings (SSSR count). The Morgan fingerprint density at radius 2 is 2.12 bits per heavy atom. The van der Waals surface area contributed by atoms with Crippen molar-refractivity contribution in [2.24, 2.45) is 0 Å². The van der Waals surface area contributed by atoms with Crippen LogP contribution in [0.3, 0.4) is 0 Å². The first kappa shape index (κ1) is 17.2. The average molecular weight is 356 g/mol. The summed E-state index contributed by atoms with van der Waals surface area (Å²) in [5, 5.41) is 10.8.